The Kier molecular flexibility index (Phi) is 7.80. The zero-order chi connectivity index (χ0) is 20.6. The molecule has 0 radical (unpaired) electrons. The third-order valence-electron chi connectivity index (χ3n) is 4.57. The number of carbonyl (C=O) groups is 2. The molecule has 4 heteroatoms. The number of nitrogens with one attached hydrogen (secondary N) is 1. The molecule has 0 aliphatic carbocycles. The van der Waals surface area contributed by atoms with Crippen molar-refractivity contribution in [3.8, 4) is 0 Å². The lowest BCUT2D eigenvalue weighted by Gasteiger charge is -2.19. The van der Waals surface area contributed by atoms with Crippen molar-refractivity contribution in [2.75, 3.05) is 11.9 Å². The lowest BCUT2D eigenvalue weighted by molar-refractivity contribution is -0.116. The van der Waals surface area contributed by atoms with Crippen LogP contribution >= 0.6 is 0 Å². The van der Waals surface area contributed by atoms with Gasteiger partial charge in [0.15, 0.2) is 0 Å². The van der Waals surface area contributed by atoms with Crippen LogP contribution in [-0.2, 0) is 21.4 Å². The summed E-state index contributed by atoms with van der Waals surface area (Å²) in [7, 11) is 0. The average Bonchev–Trinajstić information content (AvgIpc) is 2.66. The highest BCUT2D eigenvalue weighted by Crippen LogP contribution is 2.22. The van der Waals surface area contributed by atoms with Crippen molar-refractivity contribution in [1.29, 1.82) is 0 Å². The highest BCUT2D eigenvalue weighted by molar-refractivity contribution is 5.94. The third kappa shape index (κ3) is 6.84. The number of rotatable bonds is 8. The number of unbranched alkanes of at least 4 members (excludes halogenated alkanes) is 1. The van der Waals surface area contributed by atoms with Crippen molar-refractivity contribution in [1.82, 2.24) is 0 Å². The molecule has 0 atom stereocenters. The number of hydrogen-bond donors (Lipinski definition) is 1. The quantitative estimate of drug-likeness (QED) is 0.484. The molecule has 2 aromatic rings. The number of hydrogen-bond acceptors (Lipinski definition) is 3. The van der Waals surface area contributed by atoms with Crippen molar-refractivity contribution in [3.63, 3.8) is 0 Å². The van der Waals surface area contributed by atoms with E-state index in [0.717, 1.165) is 18.4 Å². The topological polar surface area (TPSA) is 55.4 Å². The molecule has 0 saturated carbocycles. The fraction of sp³-hybridized carbons (Fsp3) is 0.417. The van der Waals surface area contributed by atoms with Crippen molar-refractivity contribution < 1.29 is 14.3 Å². The van der Waals surface area contributed by atoms with Crippen LogP contribution < -0.4 is 5.32 Å². The number of benzene rings is 2. The van der Waals surface area contributed by atoms with Gasteiger partial charge in [-0.1, -0.05) is 64.4 Å². The van der Waals surface area contributed by atoms with Crippen molar-refractivity contribution >= 4 is 17.6 Å². The van der Waals surface area contributed by atoms with E-state index in [9.17, 15) is 9.59 Å². The monoisotopic (exact) mass is 381 g/mol. The summed E-state index contributed by atoms with van der Waals surface area (Å²) in [5, 5.41) is 2.86. The number of amides is 1. The predicted octanol–water partition coefficient (Wildman–Crippen LogP) is 5.51. The molecular formula is C24H31NO3. The molecule has 1 N–H and O–H groups in total. The van der Waals surface area contributed by atoms with Crippen molar-refractivity contribution in [3.05, 3.63) is 65.2 Å². The van der Waals surface area contributed by atoms with Gasteiger partial charge in [-0.05, 0) is 47.6 Å². The summed E-state index contributed by atoms with van der Waals surface area (Å²) in [5.74, 6) is -0.431. The Morgan fingerprint density at radius 1 is 1.04 bits per heavy atom. The molecule has 0 bridgehead atoms. The minimum atomic E-state index is -0.358. The number of anilines is 1. The van der Waals surface area contributed by atoms with E-state index in [2.05, 4.69) is 50.4 Å². The SMILES string of the molecule is CCCCOC(=O)c1cccc(NC(=O)CCc2ccc(C(C)(C)C)cc2)c1. The first-order valence-corrected chi connectivity index (χ1v) is 9.96. The largest absolute Gasteiger partial charge is 0.462 e. The van der Waals surface area contributed by atoms with Crippen LogP contribution in [-0.4, -0.2) is 18.5 Å². The molecule has 0 aliphatic rings. The molecular weight excluding hydrogens is 350 g/mol. The maximum absolute atomic E-state index is 12.3. The van der Waals surface area contributed by atoms with Crippen LogP contribution in [0.25, 0.3) is 0 Å². The fourth-order valence-electron chi connectivity index (χ4n) is 2.77. The molecule has 2 aromatic carbocycles. The summed E-state index contributed by atoms with van der Waals surface area (Å²) in [6.07, 6.45) is 2.89. The van der Waals surface area contributed by atoms with E-state index in [1.165, 1.54) is 5.56 Å². The van der Waals surface area contributed by atoms with E-state index < -0.39 is 0 Å². The molecule has 0 saturated heterocycles. The van der Waals surface area contributed by atoms with Crippen LogP contribution in [0.2, 0.25) is 0 Å². The van der Waals surface area contributed by atoms with Crippen LogP contribution in [0, 0.1) is 0 Å². The van der Waals surface area contributed by atoms with E-state index in [4.69, 9.17) is 4.74 Å². The van der Waals surface area contributed by atoms with Gasteiger partial charge >= 0.3 is 5.97 Å². The van der Waals surface area contributed by atoms with E-state index in [-0.39, 0.29) is 17.3 Å². The molecule has 0 aromatic heterocycles. The minimum absolute atomic E-state index is 0.0728. The summed E-state index contributed by atoms with van der Waals surface area (Å²) in [6.45, 7) is 9.01. The summed E-state index contributed by atoms with van der Waals surface area (Å²) >= 11 is 0. The Morgan fingerprint density at radius 3 is 2.39 bits per heavy atom. The number of carbonyl (C=O) groups excluding carboxylic acids is 2. The van der Waals surface area contributed by atoms with Crippen LogP contribution in [0.1, 0.15) is 68.4 Å². The van der Waals surface area contributed by atoms with Gasteiger partial charge in [0, 0.05) is 12.1 Å². The first kappa shape index (κ1) is 21.7. The zero-order valence-corrected chi connectivity index (χ0v) is 17.4. The van der Waals surface area contributed by atoms with Crippen LogP contribution in [0.15, 0.2) is 48.5 Å². The summed E-state index contributed by atoms with van der Waals surface area (Å²) in [4.78, 5) is 24.3. The molecule has 4 nitrogen and oxygen atoms in total. The van der Waals surface area contributed by atoms with Gasteiger partial charge in [0.2, 0.25) is 5.91 Å². The zero-order valence-electron chi connectivity index (χ0n) is 17.4. The highest BCUT2D eigenvalue weighted by Gasteiger charge is 2.13. The average molecular weight is 382 g/mol. The molecule has 0 aliphatic heterocycles. The Morgan fingerprint density at radius 2 is 1.75 bits per heavy atom. The molecule has 0 spiro atoms. The first-order valence-electron chi connectivity index (χ1n) is 9.96. The van der Waals surface area contributed by atoms with E-state index in [1.807, 2.05) is 6.92 Å². The van der Waals surface area contributed by atoms with E-state index in [0.29, 0.717) is 30.7 Å². The lowest BCUT2D eigenvalue weighted by Crippen LogP contribution is -2.14. The standard InChI is InChI=1S/C24H31NO3/c1-5-6-16-28-23(27)19-8-7-9-21(17-19)25-22(26)15-12-18-10-13-20(14-11-18)24(2,3)4/h7-11,13-14,17H,5-6,12,15-16H2,1-4H3,(H,25,26). The second-order valence-corrected chi connectivity index (χ2v) is 8.07. The van der Waals surface area contributed by atoms with Crippen molar-refractivity contribution in [2.24, 2.45) is 0 Å². The van der Waals surface area contributed by atoms with Gasteiger partial charge in [0.1, 0.15) is 0 Å². The molecule has 0 unspecified atom stereocenters. The maximum atomic E-state index is 12.3. The summed E-state index contributed by atoms with van der Waals surface area (Å²) < 4.78 is 5.22. The van der Waals surface area contributed by atoms with Gasteiger partial charge in [0.05, 0.1) is 12.2 Å². The Bertz CT molecular complexity index is 788. The second kappa shape index (κ2) is 10.1. The van der Waals surface area contributed by atoms with Gasteiger partial charge in [-0.3, -0.25) is 4.79 Å². The summed E-state index contributed by atoms with van der Waals surface area (Å²) in [6, 6.07) is 15.3. The second-order valence-electron chi connectivity index (χ2n) is 8.07. The molecule has 1 amide bonds. The third-order valence-corrected chi connectivity index (χ3v) is 4.57. The molecule has 2 rings (SSSR count). The van der Waals surface area contributed by atoms with Gasteiger partial charge in [0.25, 0.3) is 0 Å². The van der Waals surface area contributed by atoms with Gasteiger partial charge < -0.3 is 10.1 Å². The predicted molar refractivity (Wildman–Crippen MR) is 114 cm³/mol. The molecule has 0 heterocycles. The van der Waals surface area contributed by atoms with Crippen molar-refractivity contribution in [2.45, 2.75) is 58.8 Å². The van der Waals surface area contributed by atoms with E-state index in [1.54, 1.807) is 24.3 Å². The van der Waals surface area contributed by atoms with Crippen LogP contribution in [0.3, 0.4) is 0 Å². The Balaban J connectivity index is 1.87. The first-order chi connectivity index (χ1) is 13.3. The molecule has 150 valence electrons. The summed E-state index contributed by atoms with van der Waals surface area (Å²) in [5.41, 5.74) is 3.60. The number of ether oxygens (including phenoxy) is 1. The normalized spacial score (nSPS) is 11.1. The maximum Gasteiger partial charge on any atom is 0.338 e. The van der Waals surface area contributed by atoms with Gasteiger partial charge in [-0.15, -0.1) is 0 Å². The van der Waals surface area contributed by atoms with Gasteiger partial charge in [-0.2, -0.15) is 0 Å². The molecule has 0 fully saturated rings. The van der Waals surface area contributed by atoms with E-state index >= 15 is 0 Å². The smallest absolute Gasteiger partial charge is 0.338 e. The Labute approximate surface area is 168 Å². The lowest BCUT2D eigenvalue weighted by atomic mass is 9.86. The Hall–Kier alpha value is -2.62. The van der Waals surface area contributed by atoms with Crippen LogP contribution in [0.4, 0.5) is 5.69 Å². The van der Waals surface area contributed by atoms with Crippen LogP contribution in [0.5, 0.6) is 0 Å². The highest BCUT2D eigenvalue weighted by atomic mass is 16.5. The van der Waals surface area contributed by atoms with Gasteiger partial charge in [-0.25, -0.2) is 4.79 Å². The molecule has 28 heavy (non-hydrogen) atoms. The fourth-order valence-corrected chi connectivity index (χ4v) is 2.77. The number of aryl methyl sites for hydroxylation is 1. The number of esters is 1. The minimum Gasteiger partial charge on any atom is -0.462 e.